The van der Waals surface area contributed by atoms with Crippen molar-refractivity contribution >= 4 is 17.7 Å². The van der Waals surface area contributed by atoms with E-state index in [0.29, 0.717) is 0 Å². The minimum absolute atomic E-state index is 0.0190. The number of rotatable bonds is 4. The summed E-state index contributed by atoms with van der Waals surface area (Å²) >= 11 is 0. The maximum atomic E-state index is 12.0. The molecule has 0 bridgehead atoms. The first-order chi connectivity index (χ1) is 10.0. The summed E-state index contributed by atoms with van der Waals surface area (Å²) in [6.45, 7) is 0. The molecule has 1 aliphatic carbocycles. The zero-order valence-corrected chi connectivity index (χ0v) is 11.6. The third-order valence-electron chi connectivity index (χ3n) is 3.55. The predicted octanol–water partition coefficient (Wildman–Crippen LogP) is 1.78. The van der Waals surface area contributed by atoms with Crippen LogP contribution < -0.4 is 10.6 Å². The van der Waals surface area contributed by atoms with E-state index in [-0.39, 0.29) is 29.1 Å². The van der Waals surface area contributed by atoms with Gasteiger partial charge in [-0.15, -0.1) is 0 Å². The number of nitrogens with one attached hydrogen (secondary N) is 2. The van der Waals surface area contributed by atoms with Gasteiger partial charge in [0, 0.05) is 7.11 Å². The zero-order valence-electron chi connectivity index (χ0n) is 11.6. The van der Waals surface area contributed by atoms with Crippen LogP contribution in [0, 0.1) is 0 Å². The average Bonchev–Trinajstić information content (AvgIpc) is 2.87. The summed E-state index contributed by atoms with van der Waals surface area (Å²) in [5.41, 5.74) is -0.0374. The van der Waals surface area contributed by atoms with E-state index in [1.54, 1.807) is 7.11 Å². The van der Waals surface area contributed by atoms with Gasteiger partial charge in [0.1, 0.15) is 5.75 Å². The largest absolute Gasteiger partial charge is 0.508 e. The smallest absolute Gasteiger partial charge is 0.337 e. The molecule has 114 valence electrons. The summed E-state index contributed by atoms with van der Waals surface area (Å²) in [7, 11) is 1.60. The van der Waals surface area contributed by atoms with Gasteiger partial charge in [-0.3, -0.25) is 0 Å². The van der Waals surface area contributed by atoms with Crippen molar-refractivity contribution in [2.24, 2.45) is 0 Å². The Bertz CT molecular complexity index is 546. The van der Waals surface area contributed by atoms with Crippen molar-refractivity contribution in [1.29, 1.82) is 0 Å². The molecule has 2 rings (SSSR count). The lowest BCUT2D eigenvalue weighted by Gasteiger charge is -2.20. The molecule has 21 heavy (non-hydrogen) atoms. The standard InChI is InChI=1S/C14H18N2O5/c1-21-12-4-2-3-11(12)16-14(20)15-10-6-5-8(17)7-9(10)13(18)19/h5-7,11-12,17H,2-4H2,1H3,(H,18,19)(H2,15,16,20). The number of benzene rings is 1. The molecule has 4 N–H and O–H groups in total. The number of urea groups is 1. The van der Waals surface area contributed by atoms with Crippen molar-refractivity contribution < 1.29 is 24.5 Å². The van der Waals surface area contributed by atoms with E-state index in [0.717, 1.165) is 25.3 Å². The first-order valence-electron chi connectivity index (χ1n) is 6.68. The van der Waals surface area contributed by atoms with Crippen LogP contribution >= 0.6 is 0 Å². The first kappa shape index (κ1) is 15.1. The van der Waals surface area contributed by atoms with E-state index in [1.165, 1.54) is 12.1 Å². The summed E-state index contributed by atoms with van der Waals surface area (Å²) in [5, 5.41) is 23.6. The van der Waals surface area contributed by atoms with Crippen LogP contribution in [0.1, 0.15) is 29.6 Å². The summed E-state index contributed by atoms with van der Waals surface area (Å²) < 4.78 is 5.28. The van der Waals surface area contributed by atoms with Crippen molar-refractivity contribution in [3.8, 4) is 5.75 Å². The van der Waals surface area contributed by atoms with Gasteiger partial charge in [-0.2, -0.15) is 0 Å². The van der Waals surface area contributed by atoms with Crippen LogP contribution in [-0.2, 0) is 4.74 Å². The van der Waals surface area contributed by atoms with Crippen LogP contribution in [0.15, 0.2) is 18.2 Å². The number of carbonyl (C=O) groups excluding carboxylic acids is 1. The lowest BCUT2D eigenvalue weighted by Crippen LogP contribution is -2.43. The number of amides is 2. The maximum absolute atomic E-state index is 12.0. The second-order valence-electron chi connectivity index (χ2n) is 4.95. The molecular formula is C14H18N2O5. The predicted molar refractivity (Wildman–Crippen MR) is 75.7 cm³/mol. The maximum Gasteiger partial charge on any atom is 0.337 e. The van der Waals surface area contributed by atoms with Crippen molar-refractivity contribution in [1.82, 2.24) is 5.32 Å². The molecule has 2 amide bonds. The van der Waals surface area contributed by atoms with Gasteiger partial charge < -0.3 is 25.6 Å². The van der Waals surface area contributed by atoms with Crippen molar-refractivity contribution in [2.45, 2.75) is 31.4 Å². The molecule has 0 aliphatic heterocycles. The average molecular weight is 294 g/mol. The van der Waals surface area contributed by atoms with Crippen LogP contribution in [0.3, 0.4) is 0 Å². The van der Waals surface area contributed by atoms with Crippen LogP contribution in [0.5, 0.6) is 5.75 Å². The monoisotopic (exact) mass is 294 g/mol. The fraction of sp³-hybridized carbons (Fsp3) is 0.429. The Morgan fingerprint density at radius 1 is 1.33 bits per heavy atom. The van der Waals surface area contributed by atoms with Gasteiger partial charge in [-0.25, -0.2) is 9.59 Å². The minimum Gasteiger partial charge on any atom is -0.508 e. The van der Waals surface area contributed by atoms with Crippen molar-refractivity contribution in [3.05, 3.63) is 23.8 Å². The van der Waals surface area contributed by atoms with E-state index < -0.39 is 12.0 Å². The van der Waals surface area contributed by atoms with Crippen LogP contribution in [0.4, 0.5) is 10.5 Å². The third-order valence-corrected chi connectivity index (χ3v) is 3.55. The number of phenols is 1. The highest BCUT2D eigenvalue weighted by Crippen LogP contribution is 2.23. The number of anilines is 1. The Labute approximate surface area is 121 Å². The quantitative estimate of drug-likeness (QED) is 0.633. The Balaban J connectivity index is 2.04. The number of carbonyl (C=O) groups is 2. The first-order valence-corrected chi connectivity index (χ1v) is 6.68. The van der Waals surface area contributed by atoms with E-state index in [9.17, 15) is 14.7 Å². The fourth-order valence-electron chi connectivity index (χ4n) is 2.52. The molecule has 1 saturated carbocycles. The number of carboxylic acid groups (broad SMARTS) is 1. The fourth-order valence-corrected chi connectivity index (χ4v) is 2.52. The molecule has 2 unspecified atom stereocenters. The number of hydrogen-bond donors (Lipinski definition) is 4. The highest BCUT2D eigenvalue weighted by atomic mass is 16.5. The van der Waals surface area contributed by atoms with Gasteiger partial charge in [0.15, 0.2) is 0 Å². The molecule has 0 spiro atoms. The van der Waals surface area contributed by atoms with Crippen LogP contribution in [-0.4, -0.2) is 41.5 Å². The van der Waals surface area contributed by atoms with E-state index in [4.69, 9.17) is 9.84 Å². The van der Waals surface area contributed by atoms with Crippen LogP contribution in [0.25, 0.3) is 0 Å². The summed E-state index contributed by atoms with van der Waals surface area (Å²) in [6.07, 6.45) is 2.67. The molecular weight excluding hydrogens is 276 g/mol. The Morgan fingerprint density at radius 3 is 2.76 bits per heavy atom. The number of ether oxygens (including phenoxy) is 1. The van der Waals surface area contributed by atoms with E-state index in [1.807, 2.05) is 0 Å². The molecule has 0 heterocycles. The number of phenolic OH excluding ortho intramolecular Hbond substituents is 1. The molecule has 1 fully saturated rings. The van der Waals surface area contributed by atoms with Crippen molar-refractivity contribution in [3.63, 3.8) is 0 Å². The zero-order chi connectivity index (χ0) is 15.4. The summed E-state index contributed by atoms with van der Waals surface area (Å²) in [6, 6.07) is 3.18. The molecule has 1 aromatic rings. The molecule has 7 nitrogen and oxygen atoms in total. The Morgan fingerprint density at radius 2 is 2.10 bits per heavy atom. The van der Waals surface area contributed by atoms with Gasteiger partial charge in [0.2, 0.25) is 0 Å². The van der Waals surface area contributed by atoms with Gasteiger partial charge in [0.25, 0.3) is 0 Å². The highest BCUT2D eigenvalue weighted by molar-refractivity contribution is 6.00. The SMILES string of the molecule is COC1CCCC1NC(=O)Nc1ccc(O)cc1C(=O)O. The van der Waals surface area contributed by atoms with Crippen molar-refractivity contribution in [2.75, 3.05) is 12.4 Å². The normalized spacial score (nSPS) is 21.0. The second-order valence-corrected chi connectivity index (χ2v) is 4.95. The third kappa shape index (κ3) is 3.63. The molecule has 0 aromatic heterocycles. The Hall–Kier alpha value is -2.28. The Kier molecular flexibility index (Phi) is 4.64. The van der Waals surface area contributed by atoms with E-state index in [2.05, 4.69) is 10.6 Å². The lowest BCUT2D eigenvalue weighted by molar-refractivity contribution is 0.0697. The summed E-state index contributed by atoms with van der Waals surface area (Å²) in [4.78, 5) is 23.1. The molecule has 2 atom stereocenters. The van der Waals surface area contributed by atoms with Crippen LogP contribution in [0.2, 0.25) is 0 Å². The molecule has 7 heteroatoms. The van der Waals surface area contributed by atoms with E-state index >= 15 is 0 Å². The second kappa shape index (κ2) is 6.45. The number of aromatic hydroxyl groups is 1. The topological polar surface area (TPSA) is 108 Å². The van der Waals surface area contributed by atoms with Gasteiger partial charge in [-0.05, 0) is 37.5 Å². The van der Waals surface area contributed by atoms with Gasteiger partial charge in [-0.1, -0.05) is 0 Å². The number of hydrogen-bond acceptors (Lipinski definition) is 4. The molecule has 0 saturated heterocycles. The minimum atomic E-state index is -1.23. The number of methoxy groups -OCH3 is 1. The number of aromatic carboxylic acids is 1. The summed E-state index contributed by atoms with van der Waals surface area (Å²) in [5.74, 6) is -1.40. The van der Waals surface area contributed by atoms with Gasteiger partial charge >= 0.3 is 12.0 Å². The lowest BCUT2D eigenvalue weighted by atomic mass is 10.1. The van der Waals surface area contributed by atoms with Gasteiger partial charge in [0.05, 0.1) is 23.4 Å². The molecule has 1 aromatic carbocycles. The highest BCUT2D eigenvalue weighted by Gasteiger charge is 2.28. The number of carboxylic acids is 1. The molecule has 0 radical (unpaired) electrons. The molecule has 1 aliphatic rings.